The van der Waals surface area contributed by atoms with Crippen LogP contribution in [-0.2, 0) is 0 Å². The third kappa shape index (κ3) is 2.36. The Bertz CT molecular complexity index is 244. The van der Waals surface area contributed by atoms with E-state index in [4.69, 9.17) is 21.5 Å². The van der Waals surface area contributed by atoms with E-state index in [2.05, 4.69) is 0 Å². The Balaban J connectivity index is 0.000001000. The number of hydrogen-bond donors (Lipinski definition) is 2. The summed E-state index contributed by atoms with van der Waals surface area (Å²) in [6.07, 6.45) is 0. The fourth-order valence-corrected chi connectivity index (χ4v) is 1.30. The van der Waals surface area contributed by atoms with Gasteiger partial charge >= 0.3 is 0 Å². The van der Waals surface area contributed by atoms with Crippen molar-refractivity contribution in [2.24, 2.45) is 0 Å². The molecular formula is C6H7Cl2NOS. The van der Waals surface area contributed by atoms with E-state index in [-0.39, 0.29) is 18.2 Å². The summed E-state index contributed by atoms with van der Waals surface area (Å²) in [6.45, 7) is 0. The Hall–Kier alpha value is -0.250. The second-order valence-electron chi connectivity index (χ2n) is 1.77. The molecule has 0 unspecified atom stereocenters. The molecule has 3 N–H and O–H groups in total. The lowest BCUT2D eigenvalue weighted by Crippen LogP contribution is -1.84. The van der Waals surface area contributed by atoms with E-state index in [1.165, 1.54) is 0 Å². The molecule has 0 aliphatic heterocycles. The minimum Gasteiger partial charge on any atom is -0.505 e. The van der Waals surface area contributed by atoms with Gasteiger partial charge in [0.2, 0.25) is 0 Å². The molecule has 0 heterocycles. The van der Waals surface area contributed by atoms with Crippen LogP contribution in [0.2, 0.25) is 0 Å². The van der Waals surface area contributed by atoms with Crippen molar-refractivity contribution in [3.8, 4) is 5.75 Å². The van der Waals surface area contributed by atoms with Crippen molar-refractivity contribution in [3.05, 3.63) is 18.2 Å². The topological polar surface area (TPSA) is 46.2 Å². The molecule has 11 heavy (non-hydrogen) atoms. The Labute approximate surface area is 79.6 Å². The molecule has 1 aromatic carbocycles. The average molecular weight is 212 g/mol. The minimum atomic E-state index is 0. The van der Waals surface area contributed by atoms with Crippen LogP contribution in [0.5, 0.6) is 5.75 Å². The summed E-state index contributed by atoms with van der Waals surface area (Å²) in [5.41, 5.74) is 5.73. The Morgan fingerprint density at radius 1 is 1.45 bits per heavy atom. The smallest absolute Gasteiger partial charge is 0.153 e. The highest BCUT2D eigenvalue weighted by atomic mass is 35.7. The predicted molar refractivity (Wildman–Crippen MR) is 51.5 cm³/mol. The first-order valence-electron chi connectivity index (χ1n) is 2.61. The van der Waals surface area contributed by atoms with Gasteiger partial charge in [-0.1, -0.05) is 6.07 Å². The molecule has 62 valence electrons. The first-order valence-corrected chi connectivity index (χ1v) is 4.26. The summed E-state index contributed by atoms with van der Waals surface area (Å²) in [6, 6.07) is 5.05. The number of benzene rings is 1. The molecule has 0 spiro atoms. The molecule has 0 saturated heterocycles. The van der Waals surface area contributed by atoms with E-state index in [1.54, 1.807) is 18.2 Å². The van der Waals surface area contributed by atoms with Crippen LogP contribution in [0.4, 0.5) is 5.69 Å². The fourth-order valence-electron chi connectivity index (χ4n) is 0.602. The van der Waals surface area contributed by atoms with Gasteiger partial charge in [-0.15, -0.1) is 12.4 Å². The molecule has 0 fully saturated rings. The molecule has 0 aliphatic carbocycles. The number of nitrogens with two attached hydrogens (primary N) is 1. The van der Waals surface area contributed by atoms with E-state index < -0.39 is 0 Å². The largest absolute Gasteiger partial charge is 0.505 e. The average Bonchev–Trinajstić information content (AvgIpc) is 1.95. The van der Waals surface area contributed by atoms with Crippen molar-refractivity contribution < 1.29 is 5.11 Å². The number of hydrogen-bond acceptors (Lipinski definition) is 3. The molecule has 0 saturated carbocycles. The normalized spacial score (nSPS) is 8.82. The Kier molecular flexibility index (Phi) is 4.49. The molecule has 5 heteroatoms. The van der Waals surface area contributed by atoms with Crippen molar-refractivity contribution in [1.29, 1.82) is 0 Å². The number of phenolic OH excluding ortho intramolecular Hbond substituents is 1. The van der Waals surface area contributed by atoms with Gasteiger partial charge in [-0.3, -0.25) is 0 Å². The third-order valence-corrected chi connectivity index (χ3v) is 2.11. The highest BCUT2D eigenvalue weighted by Crippen LogP contribution is 2.34. The highest BCUT2D eigenvalue weighted by molar-refractivity contribution is 8.21. The maximum Gasteiger partial charge on any atom is 0.153 e. The van der Waals surface area contributed by atoms with Crippen LogP contribution in [0, 0.1) is 0 Å². The molecular weight excluding hydrogens is 205 g/mol. The van der Waals surface area contributed by atoms with E-state index in [0.29, 0.717) is 10.6 Å². The van der Waals surface area contributed by atoms with Crippen LogP contribution < -0.4 is 5.73 Å². The molecule has 0 bridgehead atoms. The number of anilines is 1. The van der Waals surface area contributed by atoms with Crippen LogP contribution >= 0.6 is 34.1 Å². The van der Waals surface area contributed by atoms with E-state index >= 15 is 0 Å². The monoisotopic (exact) mass is 211 g/mol. The summed E-state index contributed by atoms with van der Waals surface area (Å²) in [4.78, 5) is 0.585. The SMILES string of the molecule is Cl.Nc1cccc(SCl)c1O. The van der Waals surface area contributed by atoms with Crippen LogP contribution in [-0.4, -0.2) is 5.11 Å². The van der Waals surface area contributed by atoms with Gasteiger partial charge in [0.15, 0.2) is 5.75 Å². The number of rotatable bonds is 1. The van der Waals surface area contributed by atoms with Gasteiger partial charge in [-0.25, -0.2) is 0 Å². The summed E-state index contributed by atoms with van der Waals surface area (Å²) in [5.74, 6) is 0.0579. The van der Waals surface area contributed by atoms with Gasteiger partial charge in [0.25, 0.3) is 0 Å². The number of halogens is 2. The van der Waals surface area contributed by atoms with E-state index in [1.807, 2.05) is 0 Å². The fraction of sp³-hybridized carbons (Fsp3) is 0. The molecule has 1 rings (SSSR count). The lowest BCUT2D eigenvalue weighted by molar-refractivity contribution is 0.465. The summed E-state index contributed by atoms with van der Waals surface area (Å²) in [5, 5.41) is 9.17. The zero-order valence-electron chi connectivity index (χ0n) is 5.45. The molecule has 0 radical (unpaired) electrons. The van der Waals surface area contributed by atoms with Gasteiger partial charge in [-0.05, 0) is 33.8 Å². The quantitative estimate of drug-likeness (QED) is 0.555. The number of aromatic hydroxyl groups is 1. The van der Waals surface area contributed by atoms with Crippen LogP contribution in [0.1, 0.15) is 0 Å². The minimum absolute atomic E-state index is 0. The predicted octanol–water partition coefficient (Wildman–Crippen LogP) is 2.64. The van der Waals surface area contributed by atoms with E-state index in [9.17, 15) is 0 Å². The van der Waals surface area contributed by atoms with Gasteiger partial charge in [-0.2, -0.15) is 0 Å². The van der Waals surface area contributed by atoms with Crippen molar-refractivity contribution in [1.82, 2.24) is 0 Å². The second-order valence-corrected chi connectivity index (χ2v) is 2.83. The maximum atomic E-state index is 9.17. The van der Waals surface area contributed by atoms with Gasteiger partial charge < -0.3 is 10.8 Å². The molecule has 2 nitrogen and oxygen atoms in total. The van der Waals surface area contributed by atoms with Crippen LogP contribution in [0.25, 0.3) is 0 Å². The lowest BCUT2D eigenvalue weighted by atomic mass is 10.3. The molecule has 1 aromatic rings. The van der Waals surface area contributed by atoms with Crippen LogP contribution in [0.3, 0.4) is 0 Å². The van der Waals surface area contributed by atoms with Crippen molar-refractivity contribution in [3.63, 3.8) is 0 Å². The Morgan fingerprint density at radius 2 is 2.09 bits per heavy atom. The third-order valence-electron chi connectivity index (χ3n) is 1.11. The van der Waals surface area contributed by atoms with E-state index in [0.717, 1.165) is 11.0 Å². The highest BCUT2D eigenvalue weighted by Gasteiger charge is 2.01. The van der Waals surface area contributed by atoms with Crippen molar-refractivity contribution in [2.75, 3.05) is 5.73 Å². The first kappa shape index (κ1) is 10.8. The summed E-state index contributed by atoms with van der Waals surface area (Å²) in [7, 11) is 6.36. The summed E-state index contributed by atoms with van der Waals surface area (Å²) >= 11 is 0. The molecule has 0 atom stereocenters. The number of para-hydroxylation sites is 1. The summed E-state index contributed by atoms with van der Waals surface area (Å²) < 4.78 is 0. The van der Waals surface area contributed by atoms with Gasteiger partial charge in [0, 0.05) is 0 Å². The van der Waals surface area contributed by atoms with Crippen molar-refractivity contribution in [2.45, 2.75) is 4.90 Å². The molecule has 0 amide bonds. The number of phenols is 1. The lowest BCUT2D eigenvalue weighted by Gasteiger charge is -2.00. The maximum absolute atomic E-state index is 9.17. The zero-order chi connectivity index (χ0) is 7.56. The zero-order valence-corrected chi connectivity index (χ0v) is 7.84. The van der Waals surface area contributed by atoms with Crippen LogP contribution in [0.15, 0.2) is 23.1 Å². The van der Waals surface area contributed by atoms with Gasteiger partial charge in [0.05, 0.1) is 10.6 Å². The van der Waals surface area contributed by atoms with Gasteiger partial charge in [0.1, 0.15) is 0 Å². The first-order chi connectivity index (χ1) is 4.75. The second kappa shape index (κ2) is 4.59. The molecule has 0 aliphatic rings. The standard InChI is InChI=1S/C6H6ClNOS.ClH/c7-10-5-3-1-2-4(8)6(5)9;/h1-3,9H,8H2;1H. The Morgan fingerprint density at radius 3 is 2.55 bits per heavy atom. The van der Waals surface area contributed by atoms with Crippen molar-refractivity contribution >= 4 is 39.8 Å². The molecule has 0 aromatic heterocycles. The number of nitrogen functional groups attached to an aromatic ring is 1.